The van der Waals surface area contributed by atoms with Crippen LogP contribution in [0.1, 0.15) is 79.6 Å². The average Bonchev–Trinajstić information content (AvgIpc) is 3.41. The Labute approximate surface area is 181 Å². The Bertz CT molecular complexity index is 911. The molecule has 0 aromatic carbocycles. The molecule has 2 atom stereocenters. The van der Waals surface area contributed by atoms with Crippen molar-refractivity contribution in [1.29, 1.82) is 0 Å². The molecular weight excluding hydrogens is 400 g/mol. The number of carbonyl (C=O) groups is 3. The average molecular weight is 431 g/mol. The summed E-state index contributed by atoms with van der Waals surface area (Å²) >= 11 is 1.49. The first-order valence-corrected chi connectivity index (χ1v) is 11.8. The first-order valence-electron chi connectivity index (χ1n) is 11.0. The molecule has 1 aromatic heterocycles. The maximum Gasteiger partial charge on any atom is 0.307 e. The van der Waals surface area contributed by atoms with Gasteiger partial charge >= 0.3 is 5.97 Å². The van der Waals surface area contributed by atoms with E-state index in [1.54, 1.807) is 0 Å². The number of nitrogens with one attached hydrogen (secondary N) is 2. The van der Waals surface area contributed by atoms with Crippen molar-refractivity contribution >= 4 is 34.1 Å². The van der Waals surface area contributed by atoms with Gasteiger partial charge in [-0.25, -0.2) is 0 Å². The molecule has 0 radical (unpaired) electrons. The highest BCUT2D eigenvalue weighted by atomic mass is 32.1. The lowest BCUT2D eigenvalue weighted by molar-refractivity contribution is -0.146. The van der Waals surface area contributed by atoms with Gasteiger partial charge in [-0.1, -0.05) is 24.0 Å². The van der Waals surface area contributed by atoms with E-state index in [9.17, 15) is 19.5 Å². The quantitative estimate of drug-likeness (QED) is 0.607. The van der Waals surface area contributed by atoms with Gasteiger partial charge in [-0.3, -0.25) is 14.4 Å². The Morgan fingerprint density at radius 2 is 1.63 bits per heavy atom. The monoisotopic (exact) mass is 430 g/mol. The molecule has 30 heavy (non-hydrogen) atoms. The molecule has 7 heteroatoms. The molecule has 3 aliphatic carbocycles. The van der Waals surface area contributed by atoms with E-state index < -0.39 is 17.8 Å². The van der Waals surface area contributed by atoms with Crippen LogP contribution in [0.2, 0.25) is 0 Å². The van der Waals surface area contributed by atoms with Gasteiger partial charge in [0.05, 0.1) is 17.4 Å². The first kappa shape index (κ1) is 21.1. The number of rotatable bonds is 5. The summed E-state index contributed by atoms with van der Waals surface area (Å²) in [4.78, 5) is 39.2. The second-order valence-corrected chi connectivity index (χ2v) is 10.1. The number of amides is 2. The Kier molecular flexibility index (Phi) is 6.00. The molecule has 0 unspecified atom stereocenters. The molecule has 6 nitrogen and oxygen atoms in total. The summed E-state index contributed by atoms with van der Waals surface area (Å²) in [6.07, 6.45) is 7.96. The van der Waals surface area contributed by atoms with E-state index in [4.69, 9.17) is 0 Å². The van der Waals surface area contributed by atoms with Gasteiger partial charge in [-0.15, -0.1) is 11.3 Å². The topological polar surface area (TPSA) is 95.5 Å². The highest BCUT2D eigenvalue weighted by molar-refractivity contribution is 7.17. The molecule has 4 rings (SSSR count). The van der Waals surface area contributed by atoms with Crippen LogP contribution in [0.5, 0.6) is 0 Å². The number of allylic oxidation sites excluding steroid dienone is 2. The molecule has 1 fully saturated rings. The fraction of sp³-hybridized carbons (Fsp3) is 0.609. The van der Waals surface area contributed by atoms with Gasteiger partial charge in [0.15, 0.2) is 0 Å². The molecule has 0 aliphatic heterocycles. The summed E-state index contributed by atoms with van der Waals surface area (Å²) in [7, 11) is 0. The van der Waals surface area contributed by atoms with Gasteiger partial charge in [-0.2, -0.15) is 0 Å². The van der Waals surface area contributed by atoms with Crippen LogP contribution >= 0.6 is 11.3 Å². The number of carboxylic acids is 1. The lowest BCUT2D eigenvalue weighted by Crippen LogP contribution is -2.37. The molecule has 2 amide bonds. The maximum atomic E-state index is 13.2. The highest BCUT2D eigenvalue weighted by Gasteiger charge is 2.38. The van der Waals surface area contributed by atoms with Crippen molar-refractivity contribution in [2.45, 2.75) is 77.7 Å². The summed E-state index contributed by atoms with van der Waals surface area (Å²) < 4.78 is 0. The SMILES string of the molecule is CC1=C(C)C[C@@H](C(=O)O)[C@@H](C(=O)Nc2sc3c(c2C(=O)NC2CCCC2)CCC3)C1. The third-order valence-corrected chi connectivity index (χ3v) is 8.20. The molecule has 0 bridgehead atoms. The molecule has 1 saturated carbocycles. The number of thiophene rings is 1. The minimum absolute atomic E-state index is 0.0954. The smallest absolute Gasteiger partial charge is 0.307 e. The van der Waals surface area contributed by atoms with Crippen LogP contribution in [0.15, 0.2) is 11.1 Å². The molecule has 162 valence electrons. The minimum Gasteiger partial charge on any atom is -0.481 e. The molecule has 1 heterocycles. The van der Waals surface area contributed by atoms with Crippen molar-refractivity contribution in [2.75, 3.05) is 5.32 Å². The lowest BCUT2D eigenvalue weighted by Gasteiger charge is -2.29. The third kappa shape index (κ3) is 4.04. The van der Waals surface area contributed by atoms with E-state index in [0.29, 0.717) is 23.4 Å². The fourth-order valence-electron chi connectivity index (χ4n) is 5.09. The van der Waals surface area contributed by atoms with E-state index in [-0.39, 0.29) is 17.9 Å². The Morgan fingerprint density at radius 1 is 0.967 bits per heavy atom. The zero-order chi connectivity index (χ0) is 21.4. The van der Waals surface area contributed by atoms with Crippen LogP contribution in [0.25, 0.3) is 0 Å². The zero-order valence-electron chi connectivity index (χ0n) is 17.7. The van der Waals surface area contributed by atoms with Crippen molar-refractivity contribution in [3.8, 4) is 0 Å². The third-order valence-electron chi connectivity index (χ3n) is 7.00. The molecule has 0 saturated heterocycles. The number of carbonyl (C=O) groups excluding carboxylic acids is 2. The van der Waals surface area contributed by atoms with Crippen molar-refractivity contribution in [1.82, 2.24) is 5.32 Å². The van der Waals surface area contributed by atoms with Crippen molar-refractivity contribution in [3.63, 3.8) is 0 Å². The van der Waals surface area contributed by atoms with E-state index in [1.807, 2.05) is 13.8 Å². The second-order valence-electron chi connectivity index (χ2n) is 9.03. The van der Waals surface area contributed by atoms with Crippen LogP contribution in [0.4, 0.5) is 5.00 Å². The van der Waals surface area contributed by atoms with Crippen molar-refractivity contribution < 1.29 is 19.5 Å². The number of aryl methyl sites for hydroxylation is 1. The van der Waals surface area contributed by atoms with Gasteiger partial charge in [0, 0.05) is 10.9 Å². The second kappa shape index (κ2) is 8.53. The van der Waals surface area contributed by atoms with Crippen LogP contribution in [-0.2, 0) is 22.4 Å². The van der Waals surface area contributed by atoms with Gasteiger partial charge < -0.3 is 15.7 Å². The normalized spacial score (nSPS) is 24.1. The minimum atomic E-state index is -0.935. The van der Waals surface area contributed by atoms with Gasteiger partial charge in [-0.05, 0) is 64.4 Å². The van der Waals surface area contributed by atoms with Gasteiger partial charge in [0.25, 0.3) is 5.91 Å². The summed E-state index contributed by atoms with van der Waals surface area (Å²) in [5.41, 5.74) is 3.81. The van der Waals surface area contributed by atoms with Crippen molar-refractivity contribution in [3.05, 3.63) is 27.2 Å². The van der Waals surface area contributed by atoms with Crippen LogP contribution in [0.3, 0.4) is 0 Å². The molecule has 0 spiro atoms. The van der Waals surface area contributed by atoms with Gasteiger partial charge in [0.1, 0.15) is 5.00 Å². The number of carboxylic acid groups (broad SMARTS) is 1. The van der Waals surface area contributed by atoms with E-state index in [0.717, 1.165) is 61.7 Å². The largest absolute Gasteiger partial charge is 0.481 e. The Balaban J connectivity index is 1.57. The highest BCUT2D eigenvalue weighted by Crippen LogP contribution is 2.41. The predicted molar refractivity (Wildman–Crippen MR) is 117 cm³/mol. The number of fused-ring (bicyclic) bond motifs is 1. The van der Waals surface area contributed by atoms with E-state index in [2.05, 4.69) is 10.6 Å². The number of hydrogen-bond acceptors (Lipinski definition) is 4. The molecule has 1 aromatic rings. The number of hydrogen-bond donors (Lipinski definition) is 3. The molecule has 3 aliphatic rings. The van der Waals surface area contributed by atoms with E-state index in [1.165, 1.54) is 16.2 Å². The Hall–Kier alpha value is -2.15. The Morgan fingerprint density at radius 3 is 2.30 bits per heavy atom. The number of anilines is 1. The van der Waals surface area contributed by atoms with Crippen LogP contribution in [-0.4, -0.2) is 28.9 Å². The summed E-state index contributed by atoms with van der Waals surface area (Å²) in [5.74, 6) is -2.66. The fourth-order valence-corrected chi connectivity index (χ4v) is 6.38. The van der Waals surface area contributed by atoms with Crippen LogP contribution in [0, 0.1) is 11.8 Å². The maximum absolute atomic E-state index is 13.2. The summed E-state index contributed by atoms with van der Waals surface area (Å²) in [6.45, 7) is 3.91. The standard InChI is InChI=1S/C23H30N2O4S/c1-12-10-16(17(23(28)29)11-13(12)2)20(26)25-22-19(15-8-5-9-18(15)30-22)21(27)24-14-6-3-4-7-14/h14,16-17H,3-11H2,1-2H3,(H,24,27)(H,25,26)(H,28,29)/t16-,17+/m0/s1. The zero-order valence-corrected chi connectivity index (χ0v) is 18.5. The lowest BCUT2D eigenvalue weighted by atomic mass is 9.76. The van der Waals surface area contributed by atoms with Gasteiger partial charge in [0.2, 0.25) is 5.91 Å². The summed E-state index contributed by atoms with van der Waals surface area (Å²) in [6, 6.07) is 0.212. The number of aliphatic carboxylic acids is 1. The van der Waals surface area contributed by atoms with Crippen molar-refractivity contribution in [2.24, 2.45) is 11.8 Å². The first-order chi connectivity index (χ1) is 14.3. The van der Waals surface area contributed by atoms with Crippen LogP contribution < -0.4 is 10.6 Å². The molecule has 3 N–H and O–H groups in total. The van der Waals surface area contributed by atoms with E-state index >= 15 is 0 Å². The summed E-state index contributed by atoms with van der Waals surface area (Å²) in [5, 5.41) is 16.4. The predicted octanol–water partition coefficient (Wildman–Crippen LogP) is 4.29. The molecular formula is C23H30N2O4S.